The molecule has 3 aromatic rings. The Labute approximate surface area is 194 Å². The third-order valence-electron chi connectivity index (χ3n) is 5.72. The van der Waals surface area contributed by atoms with E-state index < -0.39 is 9.84 Å². The van der Waals surface area contributed by atoms with E-state index in [0.29, 0.717) is 23.7 Å². The molecule has 1 amide bonds. The van der Waals surface area contributed by atoms with Crippen molar-refractivity contribution in [1.82, 2.24) is 9.78 Å². The van der Waals surface area contributed by atoms with E-state index in [4.69, 9.17) is 4.74 Å². The van der Waals surface area contributed by atoms with Crippen LogP contribution in [0, 0.1) is 0 Å². The van der Waals surface area contributed by atoms with Crippen LogP contribution in [-0.2, 0) is 20.0 Å². The summed E-state index contributed by atoms with van der Waals surface area (Å²) in [5, 5.41) is 7.48. The number of ether oxygens (including phenoxy) is 1. The summed E-state index contributed by atoms with van der Waals surface area (Å²) in [4.78, 5) is 12.7. The quantitative estimate of drug-likeness (QED) is 0.586. The van der Waals surface area contributed by atoms with Gasteiger partial charge in [0.05, 0.1) is 23.2 Å². The summed E-state index contributed by atoms with van der Waals surface area (Å²) in [7, 11) is -3.10. The zero-order chi connectivity index (χ0) is 23.6. The van der Waals surface area contributed by atoms with Gasteiger partial charge < -0.3 is 10.1 Å². The molecule has 0 saturated carbocycles. The Morgan fingerprint density at radius 1 is 1.12 bits per heavy atom. The average molecular weight is 468 g/mol. The van der Waals surface area contributed by atoms with Gasteiger partial charge in [-0.1, -0.05) is 63.2 Å². The fraction of sp³-hybridized carbons (Fsp3) is 0.360. The average Bonchev–Trinajstić information content (AvgIpc) is 3.35. The second kappa shape index (κ2) is 9.02. The largest absolute Gasteiger partial charge is 0.484 e. The van der Waals surface area contributed by atoms with Gasteiger partial charge in [-0.25, -0.2) is 13.1 Å². The summed E-state index contributed by atoms with van der Waals surface area (Å²) in [5.41, 5.74) is 2.79. The highest BCUT2D eigenvalue weighted by atomic mass is 32.2. The van der Waals surface area contributed by atoms with Crippen LogP contribution < -0.4 is 10.1 Å². The molecular formula is C25H29N3O4S. The highest BCUT2D eigenvalue weighted by molar-refractivity contribution is 7.91. The Kier molecular flexibility index (Phi) is 6.30. The minimum atomic E-state index is -3.10. The molecule has 1 saturated heterocycles. The highest BCUT2D eigenvalue weighted by Gasteiger charge is 2.31. The lowest BCUT2D eigenvalue weighted by atomic mass is 9.87. The molecule has 8 heteroatoms. The highest BCUT2D eigenvalue weighted by Crippen LogP contribution is 2.30. The van der Waals surface area contributed by atoms with Crippen LogP contribution in [0.15, 0.2) is 60.7 Å². The van der Waals surface area contributed by atoms with Crippen molar-refractivity contribution < 1.29 is 17.9 Å². The molecule has 0 spiro atoms. The van der Waals surface area contributed by atoms with Crippen molar-refractivity contribution >= 4 is 21.6 Å². The fourth-order valence-corrected chi connectivity index (χ4v) is 5.56. The Balaban J connectivity index is 1.49. The van der Waals surface area contributed by atoms with Gasteiger partial charge in [-0.3, -0.25) is 4.79 Å². The maximum Gasteiger partial charge on any atom is 0.263 e. The number of carbonyl (C=O) groups excluding carboxylic acids is 1. The summed E-state index contributed by atoms with van der Waals surface area (Å²) in [5.74, 6) is 0.879. The van der Waals surface area contributed by atoms with Gasteiger partial charge in [0.25, 0.3) is 5.91 Å². The SMILES string of the molecule is CC(C)(C)c1ccc(OCC(=O)Nc2cc(-c3ccccc3)nn2[C@H]2CCS(=O)(=O)C2)cc1. The molecule has 4 rings (SSSR count). The Hall–Kier alpha value is -3.13. The number of hydrogen-bond donors (Lipinski definition) is 1. The molecule has 1 atom stereocenters. The number of amides is 1. The smallest absolute Gasteiger partial charge is 0.263 e. The van der Waals surface area contributed by atoms with Gasteiger partial charge in [0, 0.05) is 11.6 Å². The van der Waals surface area contributed by atoms with Crippen LogP contribution in [-0.4, -0.2) is 42.2 Å². The molecule has 0 bridgehead atoms. The lowest BCUT2D eigenvalue weighted by molar-refractivity contribution is -0.118. The van der Waals surface area contributed by atoms with E-state index in [2.05, 4.69) is 31.2 Å². The van der Waals surface area contributed by atoms with Gasteiger partial charge in [-0.15, -0.1) is 0 Å². The third-order valence-corrected chi connectivity index (χ3v) is 7.47. The molecule has 1 aliphatic heterocycles. The molecule has 174 valence electrons. The fourth-order valence-electron chi connectivity index (χ4n) is 3.86. The number of anilines is 1. The van der Waals surface area contributed by atoms with Gasteiger partial charge in [-0.2, -0.15) is 5.10 Å². The summed E-state index contributed by atoms with van der Waals surface area (Å²) in [6.45, 7) is 6.25. The van der Waals surface area contributed by atoms with E-state index in [-0.39, 0.29) is 35.5 Å². The molecule has 0 unspecified atom stereocenters. The second-order valence-corrected chi connectivity index (χ2v) is 11.6. The number of carbonyl (C=O) groups is 1. The Morgan fingerprint density at radius 3 is 2.42 bits per heavy atom. The predicted molar refractivity (Wildman–Crippen MR) is 129 cm³/mol. The second-order valence-electron chi connectivity index (χ2n) is 9.39. The number of nitrogens with one attached hydrogen (secondary N) is 1. The van der Waals surface area contributed by atoms with Gasteiger partial charge in [0.15, 0.2) is 16.4 Å². The Bertz CT molecular complexity index is 1230. The molecule has 2 aromatic carbocycles. The summed E-state index contributed by atoms with van der Waals surface area (Å²) in [6.07, 6.45) is 0.470. The van der Waals surface area contributed by atoms with Crippen LogP contribution in [0.25, 0.3) is 11.3 Å². The maximum absolute atomic E-state index is 12.7. The third kappa shape index (κ3) is 5.63. The van der Waals surface area contributed by atoms with Crippen LogP contribution in [0.2, 0.25) is 0 Å². The predicted octanol–water partition coefficient (Wildman–Crippen LogP) is 4.22. The maximum atomic E-state index is 12.7. The molecule has 2 heterocycles. The monoisotopic (exact) mass is 467 g/mol. The zero-order valence-corrected chi connectivity index (χ0v) is 19.9. The minimum Gasteiger partial charge on any atom is -0.484 e. The standard InChI is InChI=1S/C25H29N3O4S/c1-25(2,3)19-9-11-21(12-10-19)32-16-24(29)26-23-15-22(18-7-5-4-6-8-18)27-28(23)20-13-14-33(30,31)17-20/h4-12,15,20H,13-14,16-17H2,1-3H3,(H,26,29)/t20-/m0/s1. The molecule has 0 aliphatic carbocycles. The lowest BCUT2D eigenvalue weighted by Crippen LogP contribution is -2.23. The topological polar surface area (TPSA) is 90.3 Å². The van der Waals surface area contributed by atoms with E-state index in [1.165, 1.54) is 5.56 Å². The van der Waals surface area contributed by atoms with E-state index in [1.54, 1.807) is 10.7 Å². The van der Waals surface area contributed by atoms with Crippen molar-refractivity contribution in [2.75, 3.05) is 23.4 Å². The van der Waals surface area contributed by atoms with Gasteiger partial charge in [0.1, 0.15) is 11.6 Å². The number of benzene rings is 2. The van der Waals surface area contributed by atoms with Crippen LogP contribution in [0.5, 0.6) is 5.75 Å². The van der Waals surface area contributed by atoms with Gasteiger partial charge >= 0.3 is 0 Å². The van der Waals surface area contributed by atoms with Crippen molar-refractivity contribution in [2.24, 2.45) is 0 Å². The number of sulfone groups is 1. The molecular weight excluding hydrogens is 438 g/mol. The van der Waals surface area contributed by atoms with E-state index in [0.717, 1.165) is 5.56 Å². The molecule has 33 heavy (non-hydrogen) atoms. The zero-order valence-electron chi connectivity index (χ0n) is 19.1. The van der Waals surface area contributed by atoms with Crippen molar-refractivity contribution in [3.63, 3.8) is 0 Å². The first-order valence-corrected chi connectivity index (χ1v) is 12.8. The number of hydrogen-bond acceptors (Lipinski definition) is 5. The molecule has 1 aromatic heterocycles. The normalized spacial score (nSPS) is 17.6. The number of nitrogens with zero attached hydrogens (tertiary/aromatic N) is 2. The number of rotatable bonds is 6. The van der Waals surface area contributed by atoms with Gasteiger partial charge in [-0.05, 0) is 29.5 Å². The first kappa shape index (κ1) is 23.0. The molecule has 1 N–H and O–H groups in total. The van der Waals surface area contributed by atoms with Crippen molar-refractivity contribution in [1.29, 1.82) is 0 Å². The van der Waals surface area contributed by atoms with Crippen molar-refractivity contribution in [2.45, 2.75) is 38.6 Å². The van der Waals surface area contributed by atoms with Crippen LogP contribution in [0.1, 0.15) is 38.8 Å². The minimum absolute atomic E-state index is 0.0163. The Morgan fingerprint density at radius 2 is 1.82 bits per heavy atom. The van der Waals surface area contributed by atoms with Crippen LogP contribution in [0.4, 0.5) is 5.82 Å². The lowest BCUT2D eigenvalue weighted by Gasteiger charge is -2.19. The summed E-state index contributed by atoms with van der Waals surface area (Å²) >= 11 is 0. The first-order chi connectivity index (χ1) is 15.6. The summed E-state index contributed by atoms with van der Waals surface area (Å²) < 4.78 is 31.3. The van der Waals surface area contributed by atoms with Crippen LogP contribution >= 0.6 is 0 Å². The molecule has 1 fully saturated rings. The van der Waals surface area contributed by atoms with E-state index >= 15 is 0 Å². The molecule has 1 aliphatic rings. The van der Waals surface area contributed by atoms with Crippen molar-refractivity contribution in [3.8, 4) is 17.0 Å². The van der Waals surface area contributed by atoms with E-state index in [9.17, 15) is 13.2 Å². The van der Waals surface area contributed by atoms with Gasteiger partial charge in [0.2, 0.25) is 0 Å². The molecule has 7 nitrogen and oxygen atoms in total. The molecule has 0 radical (unpaired) electrons. The first-order valence-electron chi connectivity index (χ1n) is 11.0. The van der Waals surface area contributed by atoms with Crippen LogP contribution in [0.3, 0.4) is 0 Å². The number of aromatic nitrogens is 2. The van der Waals surface area contributed by atoms with Crippen molar-refractivity contribution in [3.05, 3.63) is 66.2 Å². The van der Waals surface area contributed by atoms with E-state index in [1.807, 2.05) is 54.6 Å². The summed E-state index contributed by atoms with van der Waals surface area (Å²) in [6, 6.07) is 18.7.